The van der Waals surface area contributed by atoms with Gasteiger partial charge in [0.25, 0.3) is 0 Å². The first-order chi connectivity index (χ1) is 34.2. The Hall–Kier alpha value is -7.96. The molecule has 0 spiro atoms. The minimum absolute atomic E-state index is 0.298. The average molecular weight is 923 g/mol. The number of hydrogen-bond donors (Lipinski definition) is 0. The molecular formula is C65H58N6. The molecule has 1 aliphatic carbocycles. The van der Waals surface area contributed by atoms with Gasteiger partial charge in [0.15, 0.2) is 0 Å². The minimum Gasteiger partial charge on any atom is -0.317 e. The van der Waals surface area contributed by atoms with E-state index < -0.39 is 5.41 Å². The zero-order valence-electron chi connectivity index (χ0n) is 41.8. The number of aromatic nitrogens is 2. The van der Waals surface area contributed by atoms with Crippen LogP contribution in [-0.4, -0.2) is 43.8 Å². The quantitative estimate of drug-likeness (QED) is 0.152. The van der Waals surface area contributed by atoms with Gasteiger partial charge in [0.2, 0.25) is 0 Å². The van der Waals surface area contributed by atoms with E-state index >= 15 is 0 Å². The normalized spacial score (nSPS) is 17.7. The first-order valence-corrected chi connectivity index (χ1v) is 24.9. The highest BCUT2D eigenvalue weighted by molar-refractivity contribution is 6.14. The van der Waals surface area contributed by atoms with Gasteiger partial charge in [-0.15, -0.1) is 0 Å². The lowest BCUT2D eigenvalue weighted by Gasteiger charge is -2.41. The van der Waals surface area contributed by atoms with Crippen molar-refractivity contribution in [2.45, 2.75) is 83.0 Å². The molecule has 6 heteroatoms. The van der Waals surface area contributed by atoms with Gasteiger partial charge < -0.3 is 9.80 Å². The largest absolute Gasteiger partial charge is 0.317 e. The van der Waals surface area contributed by atoms with Gasteiger partial charge in [-0.05, 0) is 136 Å². The second-order valence-electron chi connectivity index (χ2n) is 21.4. The average Bonchev–Trinajstić information content (AvgIpc) is 3.88. The molecule has 0 N–H and O–H groups in total. The molecular weight excluding hydrogens is 865 g/mol. The maximum atomic E-state index is 5.37. The van der Waals surface area contributed by atoms with E-state index in [0.29, 0.717) is 0 Å². The molecule has 0 fully saturated rings. The maximum Gasteiger partial charge on any atom is 0.136 e. The number of pyridine rings is 2. The van der Waals surface area contributed by atoms with Crippen molar-refractivity contribution in [1.29, 1.82) is 0 Å². The third-order valence-corrected chi connectivity index (χ3v) is 16.5. The van der Waals surface area contributed by atoms with E-state index in [-0.39, 0.29) is 22.2 Å². The van der Waals surface area contributed by atoms with Crippen LogP contribution in [0.1, 0.15) is 88.8 Å². The molecule has 6 nitrogen and oxygen atoms in total. The summed E-state index contributed by atoms with van der Waals surface area (Å²) >= 11 is 0. The van der Waals surface area contributed by atoms with Crippen molar-refractivity contribution in [2.75, 3.05) is 9.80 Å². The van der Waals surface area contributed by atoms with Crippen molar-refractivity contribution in [2.24, 2.45) is 9.98 Å². The summed E-state index contributed by atoms with van der Waals surface area (Å²) in [6.07, 6.45) is 4.07. The van der Waals surface area contributed by atoms with Crippen LogP contribution >= 0.6 is 0 Å². The summed E-state index contributed by atoms with van der Waals surface area (Å²) in [4.78, 5) is 26.0. The molecule has 71 heavy (non-hydrogen) atoms. The lowest BCUT2D eigenvalue weighted by atomic mass is 9.67. The third-order valence-electron chi connectivity index (χ3n) is 16.5. The Balaban J connectivity index is 1.02. The van der Waals surface area contributed by atoms with Crippen LogP contribution in [0.3, 0.4) is 0 Å². The predicted octanol–water partition coefficient (Wildman–Crippen LogP) is 15.0. The van der Waals surface area contributed by atoms with E-state index in [1.165, 1.54) is 38.8 Å². The molecule has 0 unspecified atom stereocenters. The third kappa shape index (κ3) is 6.60. The molecule has 3 aliphatic rings. The Morgan fingerprint density at radius 3 is 1.30 bits per heavy atom. The number of benzene rings is 7. The van der Waals surface area contributed by atoms with Crippen LogP contribution in [0, 0.1) is 0 Å². The van der Waals surface area contributed by atoms with E-state index in [9.17, 15) is 0 Å². The van der Waals surface area contributed by atoms with Crippen molar-refractivity contribution in [3.63, 3.8) is 0 Å². The van der Waals surface area contributed by atoms with Gasteiger partial charge in [-0.3, -0.25) is 20.0 Å². The fourth-order valence-corrected chi connectivity index (χ4v) is 11.5. The Bertz CT molecular complexity index is 3520. The zero-order chi connectivity index (χ0) is 48.9. The zero-order valence-corrected chi connectivity index (χ0v) is 41.8. The van der Waals surface area contributed by atoms with Crippen molar-refractivity contribution >= 4 is 33.8 Å². The first-order valence-electron chi connectivity index (χ1n) is 24.9. The summed E-state index contributed by atoms with van der Waals surface area (Å²) in [5.74, 6) is 1.92. The number of fused-ring (bicyclic) bond motifs is 5. The molecule has 2 aromatic heterocycles. The van der Waals surface area contributed by atoms with Gasteiger partial charge in [-0.1, -0.05) is 158 Å². The van der Waals surface area contributed by atoms with E-state index in [0.717, 1.165) is 62.1 Å². The van der Waals surface area contributed by atoms with Crippen LogP contribution in [0.25, 0.3) is 44.4 Å². The van der Waals surface area contributed by atoms with Crippen LogP contribution in [0.2, 0.25) is 0 Å². The van der Waals surface area contributed by atoms with Crippen LogP contribution in [0.5, 0.6) is 0 Å². The van der Waals surface area contributed by atoms with Crippen LogP contribution in [-0.2, 0) is 5.41 Å². The highest BCUT2D eigenvalue weighted by Gasteiger charge is 2.52. The minimum atomic E-state index is -0.666. The highest BCUT2D eigenvalue weighted by Crippen LogP contribution is 2.59. The number of hydrogen-bond acceptors (Lipinski definition) is 6. The summed E-state index contributed by atoms with van der Waals surface area (Å²) in [6, 6.07) is 70.3. The van der Waals surface area contributed by atoms with Gasteiger partial charge in [-0.25, -0.2) is 0 Å². The number of anilines is 2. The van der Waals surface area contributed by atoms with E-state index in [2.05, 4.69) is 259 Å². The van der Waals surface area contributed by atoms with Gasteiger partial charge in [0, 0.05) is 22.3 Å². The lowest BCUT2D eigenvalue weighted by Crippen LogP contribution is -2.53. The summed E-state index contributed by atoms with van der Waals surface area (Å²) < 4.78 is 0. The second-order valence-corrected chi connectivity index (χ2v) is 21.4. The Morgan fingerprint density at radius 2 is 0.817 bits per heavy atom. The molecule has 4 heterocycles. The van der Waals surface area contributed by atoms with Crippen molar-refractivity contribution in [3.05, 3.63) is 240 Å². The van der Waals surface area contributed by atoms with Crippen molar-refractivity contribution < 1.29 is 0 Å². The highest BCUT2D eigenvalue weighted by atomic mass is 15.3. The van der Waals surface area contributed by atoms with Crippen molar-refractivity contribution in [1.82, 2.24) is 9.97 Å². The van der Waals surface area contributed by atoms with Gasteiger partial charge in [0.05, 0.1) is 62.7 Å². The summed E-state index contributed by atoms with van der Waals surface area (Å²) in [5.41, 5.74) is 13.6. The second kappa shape index (κ2) is 16.0. The summed E-state index contributed by atoms with van der Waals surface area (Å²) in [5, 5.41) is 2.36. The molecule has 2 aliphatic heterocycles. The van der Waals surface area contributed by atoms with E-state index in [1.807, 2.05) is 12.4 Å². The predicted molar refractivity (Wildman–Crippen MR) is 295 cm³/mol. The topological polar surface area (TPSA) is 57.0 Å². The molecule has 0 amide bonds. The standard InChI is InChI=1S/C65H58N6/c1-61(2)63(5,6)70(59(68-61)43-23-13-9-14-24-43)48-34-37-56(66-41-48)45-33-36-52-54(39-45)65(46-27-17-11-18-28-46,47-29-19-12-20-30-47)55-40-53(50-31-21-22-32-51(50)58(52)55)57-38-35-49(42-67-57)71-60(44-25-15-10-16-26-44)69-62(3,4)64(71,7)8/h9-42H,1-8H3. The van der Waals surface area contributed by atoms with Gasteiger partial charge in [0.1, 0.15) is 11.7 Å². The number of amidine groups is 2. The summed E-state index contributed by atoms with van der Waals surface area (Å²) in [7, 11) is 0. The van der Waals surface area contributed by atoms with Crippen LogP contribution in [0.15, 0.2) is 217 Å². The molecule has 12 rings (SSSR count). The smallest absolute Gasteiger partial charge is 0.136 e. The molecule has 0 radical (unpaired) electrons. The maximum absolute atomic E-state index is 5.37. The Morgan fingerprint density at radius 1 is 0.366 bits per heavy atom. The molecule has 7 aromatic carbocycles. The molecule has 348 valence electrons. The SMILES string of the molecule is CC1(C)N=C(c2ccccc2)N(c2ccc(-c3ccc4c(c3)C(c3ccccc3)(c3ccccc3)c3cc(-c5ccc(N6C(c7ccccc7)=NC(C)(C)C6(C)C)cn5)c5ccccc5c3-4)nc2)C1(C)C. The molecule has 9 aromatic rings. The number of rotatable bonds is 8. The van der Waals surface area contributed by atoms with E-state index in [1.54, 1.807) is 0 Å². The molecule has 0 atom stereocenters. The molecule has 0 bridgehead atoms. The monoisotopic (exact) mass is 922 g/mol. The van der Waals surface area contributed by atoms with Gasteiger partial charge >= 0.3 is 0 Å². The van der Waals surface area contributed by atoms with Crippen LogP contribution < -0.4 is 9.80 Å². The fraction of sp³-hybridized carbons (Fsp3) is 0.200. The molecule has 0 saturated carbocycles. The fourth-order valence-electron chi connectivity index (χ4n) is 11.5. The van der Waals surface area contributed by atoms with Crippen molar-refractivity contribution in [3.8, 4) is 33.6 Å². The lowest BCUT2D eigenvalue weighted by molar-refractivity contribution is 0.338. The van der Waals surface area contributed by atoms with Crippen LogP contribution in [0.4, 0.5) is 11.4 Å². The van der Waals surface area contributed by atoms with Gasteiger partial charge in [-0.2, -0.15) is 0 Å². The Labute approximate surface area is 418 Å². The summed E-state index contributed by atoms with van der Waals surface area (Å²) in [6.45, 7) is 18.0. The van der Waals surface area contributed by atoms with E-state index in [4.69, 9.17) is 20.0 Å². The number of aliphatic imine (C=N–C) groups is 2. The first kappa shape index (κ1) is 44.3. The molecule has 0 saturated heterocycles. The number of nitrogens with zero attached hydrogens (tertiary/aromatic N) is 6. The Kier molecular flexibility index (Phi) is 10.0.